The van der Waals surface area contributed by atoms with Gasteiger partial charge in [-0.25, -0.2) is 0 Å². The lowest BCUT2D eigenvalue weighted by molar-refractivity contribution is 0.0921. The van der Waals surface area contributed by atoms with Gasteiger partial charge in [0.25, 0.3) is 5.91 Å². The van der Waals surface area contributed by atoms with E-state index >= 15 is 0 Å². The molecule has 104 valence electrons. The van der Waals surface area contributed by atoms with Crippen LogP contribution in [0.2, 0.25) is 0 Å². The van der Waals surface area contributed by atoms with Crippen molar-refractivity contribution in [2.24, 2.45) is 5.73 Å². The van der Waals surface area contributed by atoms with Crippen molar-refractivity contribution in [3.8, 4) is 0 Å². The number of benzene rings is 1. The molecule has 1 fully saturated rings. The van der Waals surface area contributed by atoms with Crippen LogP contribution in [0.1, 0.15) is 36.0 Å². The molecule has 0 aliphatic heterocycles. The average molecular weight is 261 g/mol. The SMILES string of the molecule is CN(C)c1cccc(C(=O)N[C@@H]2CCCC[C@H]2N)c1. The number of rotatable bonds is 3. The highest BCUT2D eigenvalue weighted by molar-refractivity contribution is 5.95. The molecule has 4 heteroatoms. The van der Waals surface area contributed by atoms with Crippen LogP contribution in [0, 0.1) is 0 Å². The summed E-state index contributed by atoms with van der Waals surface area (Å²) in [6.45, 7) is 0. The summed E-state index contributed by atoms with van der Waals surface area (Å²) in [6.07, 6.45) is 4.31. The molecule has 0 heterocycles. The van der Waals surface area contributed by atoms with Crippen LogP contribution in [0.4, 0.5) is 5.69 Å². The standard InChI is InChI=1S/C15H23N3O/c1-18(2)12-7-5-6-11(10-12)15(19)17-14-9-4-3-8-13(14)16/h5-7,10,13-14H,3-4,8-9,16H2,1-2H3,(H,17,19)/t13-,14-/m1/s1. The minimum Gasteiger partial charge on any atom is -0.378 e. The Bertz CT molecular complexity index is 445. The second-order valence-electron chi connectivity index (χ2n) is 5.47. The summed E-state index contributed by atoms with van der Waals surface area (Å²) in [5.74, 6) is -0.0222. The van der Waals surface area contributed by atoms with Gasteiger partial charge in [0, 0.05) is 37.4 Å². The summed E-state index contributed by atoms with van der Waals surface area (Å²) in [4.78, 5) is 14.2. The lowest BCUT2D eigenvalue weighted by Crippen LogP contribution is -2.49. The van der Waals surface area contributed by atoms with Crippen molar-refractivity contribution in [1.29, 1.82) is 0 Å². The first-order valence-corrected chi connectivity index (χ1v) is 6.92. The molecule has 0 unspecified atom stereocenters. The first kappa shape index (κ1) is 13.9. The van der Waals surface area contributed by atoms with Crippen molar-refractivity contribution in [3.63, 3.8) is 0 Å². The van der Waals surface area contributed by atoms with E-state index in [1.54, 1.807) is 0 Å². The number of amides is 1. The third kappa shape index (κ3) is 3.47. The molecule has 1 amide bonds. The number of hydrogen-bond acceptors (Lipinski definition) is 3. The number of nitrogens with two attached hydrogens (primary N) is 1. The quantitative estimate of drug-likeness (QED) is 0.871. The molecule has 0 saturated heterocycles. The van der Waals surface area contributed by atoms with E-state index in [9.17, 15) is 4.79 Å². The van der Waals surface area contributed by atoms with Crippen molar-refractivity contribution in [1.82, 2.24) is 5.32 Å². The van der Waals surface area contributed by atoms with Gasteiger partial charge < -0.3 is 16.0 Å². The summed E-state index contributed by atoms with van der Waals surface area (Å²) in [5.41, 5.74) is 7.79. The molecule has 1 aliphatic rings. The van der Waals surface area contributed by atoms with Crippen LogP contribution in [-0.4, -0.2) is 32.1 Å². The first-order chi connectivity index (χ1) is 9.08. The van der Waals surface area contributed by atoms with Crippen molar-refractivity contribution < 1.29 is 4.79 Å². The number of carbonyl (C=O) groups excluding carboxylic acids is 1. The highest BCUT2D eigenvalue weighted by Crippen LogP contribution is 2.18. The van der Waals surface area contributed by atoms with Crippen LogP contribution in [0.15, 0.2) is 24.3 Å². The maximum atomic E-state index is 12.2. The molecule has 1 aliphatic carbocycles. The molecule has 2 atom stereocenters. The van der Waals surface area contributed by atoms with Crippen molar-refractivity contribution in [3.05, 3.63) is 29.8 Å². The topological polar surface area (TPSA) is 58.4 Å². The van der Waals surface area contributed by atoms with E-state index in [1.165, 1.54) is 6.42 Å². The summed E-state index contributed by atoms with van der Waals surface area (Å²) in [7, 11) is 3.93. The zero-order valence-corrected chi connectivity index (χ0v) is 11.7. The fraction of sp³-hybridized carbons (Fsp3) is 0.533. The lowest BCUT2D eigenvalue weighted by atomic mass is 9.91. The van der Waals surface area contributed by atoms with Crippen LogP contribution < -0.4 is 16.0 Å². The van der Waals surface area contributed by atoms with Crippen molar-refractivity contribution in [2.45, 2.75) is 37.8 Å². The van der Waals surface area contributed by atoms with E-state index in [0.717, 1.165) is 24.9 Å². The molecule has 0 radical (unpaired) electrons. The summed E-state index contributed by atoms with van der Waals surface area (Å²) in [6, 6.07) is 7.85. The van der Waals surface area contributed by atoms with Gasteiger partial charge in [0.2, 0.25) is 0 Å². The fourth-order valence-electron chi connectivity index (χ4n) is 2.52. The van der Waals surface area contributed by atoms with Gasteiger partial charge in [0.15, 0.2) is 0 Å². The van der Waals surface area contributed by atoms with Crippen LogP contribution >= 0.6 is 0 Å². The van der Waals surface area contributed by atoms with Crippen molar-refractivity contribution >= 4 is 11.6 Å². The van der Waals surface area contributed by atoms with Crippen LogP contribution in [0.5, 0.6) is 0 Å². The van der Waals surface area contributed by atoms with E-state index < -0.39 is 0 Å². The molecular formula is C15H23N3O. The van der Waals surface area contributed by atoms with Gasteiger partial charge in [0.05, 0.1) is 0 Å². The van der Waals surface area contributed by atoms with E-state index in [0.29, 0.717) is 5.56 Å². The predicted octanol–water partition coefficient (Wildman–Crippen LogP) is 1.75. The maximum absolute atomic E-state index is 12.2. The number of anilines is 1. The average Bonchev–Trinajstić information content (AvgIpc) is 2.41. The van der Waals surface area contributed by atoms with Crippen LogP contribution in [0.3, 0.4) is 0 Å². The molecule has 1 aromatic carbocycles. The lowest BCUT2D eigenvalue weighted by Gasteiger charge is -2.29. The zero-order chi connectivity index (χ0) is 13.8. The molecule has 2 rings (SSSR count). The van der Waals surface area contributed by atoms with Gasteiger partial charge in [-0.2, -0.15) is 0 Å². The van der Waals surface area contributed by atoms with Gasteiger partial charge in [-0.05, 0) is 31.0 Å². The summed E-state index contributed by atoms with van der Waals surface area (Å²) >= 11 is 0. The Morgan fingerprint density at radius 3 is 2.74 bits per heavy atom. The van der Waals surface area contributed by atoms with E-state index in [2.05, 4.69) is 5.32 Å². The number of carbonyl (C=O) groups is 1. The number of nitrogens with one attached hydrogen (secondary N) is 1. The minimum absolute atomic E-state index is 0.0222. The van der Waals surface area contributed by atoms with Crippen LogP contribution in [-0.2, 0) is 0 Å². The molecule has 0 bridgehead atoms. The number of nitrogens with zero attached hydrogens (tertiary/aromatic N) is 1. The second-order valence-corrected chi connectivity index (χ2v) is 5.47. The minimum atomic E-state index is -0.0222. The van der Waals surface area contributed by atoms with Gasteiger partial charge >= 0.3 is 0 Å². The molecular weight excluding hydrogens is 238 g/mol. The Kier molecular flexibility index (Phi) is 4.43. The molecule has 0 aromatic heterocycles. The van der Waals surface area contributed by atoms with E-state index in [-0.39, 0.29) is 18.0 Å². The molecule has 1 aromatic rings. The molecule has 0 spiro atoms. The fourth-order valence-corrected chi connectivity index (χ4v) is 2.52. The Labute approximate surface area is 115 Å². The Hall–Kier alpha value is -1.55. The predicted molar refractivity (Wildman–Crippen MR) is 78.5 cm³/mol. The smallest absolute Gasteiger partial charge is 0.251 e. The molecule has 4 nitrogen and oxygen atoms in total. The van der Waals surface area contributed by atoms with Crippen LogP contribution in [0.25, 0.3) is 0 Å². The zero-order valence-electron chi connectivity index (χ0n) is 11.7. The highest BCUT2D eigenvalue weighted by atomic mass is 16.1. The van der Waals surface area contributed by atoms with Gasteiger partial charge in [0.1, 0.15) is 0 Å². The van der Waals surface area contributed by atoms with Gasteiger partial charge in [-0.3, -0.25) is 4.79 Å². The van der Waals surface area contributed by atoms with E-state index in [1.807, 2.05) is 43.3 Å². The van der Waals surface area contributed by atoms with E-state index in [4.69, 9.17) is 5.73 Å². The number of hydrogen-bond donors (Lipinski definition) is 2. The van der Waals surface area contributed by atoms with Gasteiger partial charge in [-0.15, -0.1) is 0 Å². The van der Waals surface area contributed by atoms with Crippen molar-refractivity contribution in [2.75, 3.05) is 19.0 Å². The largest absolute Gasteiger partial charge is 0.378 e. The summed E-state index contributed by atoms with van der Waals surface area (Å²) < 4.78 is 0. The Morgan fingerprint density at radius 1 is 1.32 bits per heavy atom. The Morgan fingerprint density at radius 2 is 2.05 bits per heavy atom. The summed E-state index contributed by atoms with van der Waals surface area (Å²) in [5, 5.41) is 3.07. The molecule has 1 saturated carbocycles. The first-order valence-electron chi connectivity index (χ1n) is 6.92. The third-order valence-corrected chi connectivity index (χ3v) is 3.76. The highest BCUT2D eigenvalue weighted by Gasteiger charge is 2.23. The monoisotopic (exact) mass is 261 g/mol. The third-order valence-electron chi connectivity index (χ3n) is 3.76. The second kappa shape index (κ2) is 6.06. The molecule has 3 N–H and O–H groups in total. The Balaban J connectivity index is 2.05. The molecule has 19 heavy (non-hydrogen) atoms. The van der Waals surface area contributed by atoms with Gasteiger partial charge in [-0.1, -0.05) is 18.9 Å². The maximum Gasteiger partial charge on any atom is 0.251 e. The normalized spacial score (nSPS) is 22.9.